The molecule has 1 aliphatic rings. The SMILES string of the molecule is NC1=CCC[C@H]1ON([O-])[I-]O. The van der Waals surface area contributed by atoms with Crippen molar-refractivity contribution in [3.8, 4) is 0 Å². The van der Waals surface area contributed by atoms with Gasteiger partial charge in [-0.2, -0.15) is 0 Å². The van der Waals surface area contributed by atoms with Crippen LogP contribution in [0.1, 0.15) is 12.8 Å². The van der Waals surface area contributed by atoms with Crippen molar-refractivity contribution >= 4 is 0 Å². The quantitative estimate of drug-likeness (QED) is 0.318. The van der Waals surface area contributed by atoms with E-state index in [1.807, 2.05) is 6.08 Å². The Morgan fingerprint density at radius 3 is 3.09 bits per heavy atom. The minimum absolute atomic E-state index is 0.232. The number of rotatable bonds is 3. The molecule has 5 nitrogen and oxygen atoms in total. The Balaban J connectivity index is 2.32. The van der Waals surface area contributed by atoms with Crippen LogP contribution < -0.4 is 27.6 Å². The first-order valence-corrected chi connectivity index (χ1v) is 5.05. The summed E-state index contributed by atoms with van der Waals surface area (Å²) in [5, 5.41) is 10.5. The third-order valence-electron chi connectivity index (χ3n) is 1.45. The van der Waals surface area contributed by atoms with Crippen molar-refractivity contribution in [2.24, 2.45) is 5.73 Å². The van der Waals surface area contributed by atoms with Gasteiger partial charge in [-0.3, -0.25) is 0 Å². The van der Waals surface area contributed by atoms with E-state index < -0.39 is 21.9 Å². The van der Waals surface area contributed by atoms with Gasteiger partial charge in [0.1, 0.15) is 0 Å². The molecule has 0 aliphatic heterocycles. The zero-order chi connectivity index (χ0) is 8.27. The van der Waals surface area contributed by atoms with Crippen LogP contribution in [-0.2, 0) is 4.84 Å². The first kappa shape index (κ1) is 9.20. The molecule has 6 heteroatoms. The van der Waals surface area contributed by atoms with Gasteiger partial charge in [0.15, 0.2) is 0 Å². The summed E-state index contributed by atoms with van der Waals surface area (Å²) in [4.78, 5) is 4.76. The van der Waals surface area contributed by atoms with Gasteiger partial charge < -0.3 is 0 Å². The van der Waals surface area contributed by atoms with Gasteiger partial charge in [-0.15, -0.1) is 0 Å². The van der Waals surface area contributed by atoms with Crippen molar-refractivity contribution in [3.05, 3.63) is 17.0 Å². The maximum atomic E-state index is 10.5. The third kappa shape index (κ3) is 2.56. The topological polar surface area (TPSA) is 81.8 Å². The molecule has 0 bridgehead atoms. The second kappa shape index (κ2) is 4.21. The summed E-state index contributed by atoms with van der Waals surface area (Å²) in [6, 6.07) is 0. The van der Waals surface area contributed by atoms with Gasteiger partial charge in [0, 0.05) is 0 Å². The Bertz CT molecular complexity index is 164. The number of nitrogens with zero attached hydrogens (tertiary/aromatic N) is 1. The summed E-state index contributed by atoms with van der Waals surface area (Å²) in [7, 11) is 0. The Labute approximate surface area is 75.5 Å². The number of allylic oxidation sites excluding steroid dienone is 1. The van der Waals surface area contributed by atoms with Crippen LogP contribution in [0.15, 0.2) is 11.8 Å². The fourth-order valence-corrected chi connectivity index (χ4v) is 1.31. The van der Waals surface area contributed by atoms with E-state index in [0.717, 1.165) is 12.8 Å². The second-order valence-corrected chi connectivity index (χ2v) is 3.38. The summed E-state index contributed by atoms with van der Waals surface area (Å²) in [5.74, 6) is 0. The van der Waals surface area contributed by atoms with Gasteiger partial charge in [-0.1, -0.05) is 0 Å². The standard InChI is InChI=1S/C5H9IN2O3/c7-4-2-1-3-5(4)11-8(10)6-9/h2,5,9H,1,3,7H2/q-2/t5-/m1/s1. The molecule has 0 fully saturated rings. The van der Waals surface area contributed by atoms with Crippen LogP contribution in [0.3, 0.4) is 0 Å². The third-order valence-corrected chi connectivity index (χ3v) is 2.03. The van der Waals surface area contributed by atoms with E-state index in [2.05, 4.69) is 0 Å². The van der Waals surface area contributed by atoms with Crippen molar-refractivity contribution in [1.29, 1.82) is 0 Å². The molecule has 1 atom stereocenters. The molecule has 0 aromatic rings. The van der Waals surface area contributed by atoms with E-state index in [9.17, 15) is 5.21 Å². The number of hydrogen-bond acceptors (Lipinski definition) is 5. The van der Waals surface area contributed by atoms with E-state index in [1.54, 1.807) is 0 Å². The average Bonchev–Trinajstić information content (AvgIpc) is 2.37. The van der Waals surface area contributed by atoms with Crippen molar-refractivity contribution in [2.45, 2.75) is 18.9 Å². The average molecular weight is 272 g/mol. The molecular weight excluding hydrogens is 263 g/mol. The van der Waals surface area contributed by atoms with E-state index in [1.165, 1.54) is 0 Å². The molecule has 0 spiro atoms. The Kier molecular flexibility index (Phi) is 3.52. The molecule has 0 amide bonds. The molecule has 3 N–H and O–H groups in total. The van der Waals surface area contributed by atoms with Crippen LogP contribution >= 0.6 is 0 Å². The van der Waals surface area contributed by atoms with Gasteiger partial charge in [-0.25, -0.2) is 0 Å². The van der Waals surface area contributed by atoms with Crippen LogP contribution in [0.4, 0.5) is 0 Å². The zero-order valence-corrected chi connectivity index (χ0v) is 7.89. The fourth-order valence-electron chi connectivity index (χ4n) is 0.931. The molecule has 0 radical (unpaired) electrons. The molecule has 0 heterocycles. The molecule has 0 saturated carbocycles. The Morgan fingerprint density at radius 1 is 1.91 bits per heavy atom. The van der Waals surface area contributed by atoms with Crippen molar-refractivity contribution in [3.63, 3.8) is 0 Å². The fraction of sp³-hybridized carbons (Fsp3) is 0.600. The summed E-state index contributed by atoms with van der Waals surface area (Å²) in [6.07, 6.45) is 3.08. The molecule has 66 valence electrons. The summed E-state index contributed by atoms with van der Waals surface area (Å²) in [5.41, 5.74) is 6.07. The normalized spacial score (nSPS) is 24.6. The van der Waals surface area contributed by atoms with Crippen LogP contribution in [0, 0.1) is 5.21 Å². The predicted octanol–water partition coefficient (Wildman–Crippen LogP) is -3.37. The second-order valence-electron chi connectivity index (χ2n) is 2.16. The number of nitrogens with two attached hydrogens (primary N) is 1. The molecular formula is C5H9IN2O3-2. The van der Waals surface area contributed by atoms with Gasteiger partial charge in [0.25, 0.3) is 0 Å². The molecule has 0 saturated heterocycles. The van der Waals surface area contributed by atoms with Crippen molar-refractivity contribution in [2.75, 3.05) is 0 Å². The number of halogens is 1. The first-order chi connectivity index (χ1) is 5.24. The van der Waals surface area contributed by atoms with Crippen LogP contribution in [0.2, 0.25) is 0 Å². The van der Waals surface area contributed by atoms with Crippen LogP contribution in [-0.4, -0.2) is 13.0 Å². The van der Waals surface area contributed by atoms with Gasteiger partial charge in [-0.05, 0) is 0 Å². The predicted molar refractivity (Wildman–Crippen MR) is 33.8 cm³/mol. The van der Waals surface area contributed by atoms with Gasteiger partial charge in [0.05, 0.1) is 0 Å². The maximum absolute atomic E-state index is 10.5. The van der Waals surface area contributed by atoms with E-state index in [0.29, 0.717) is 5.70 Å². The Hall–Kier alpha value is 0.110. The first-order valence-electron chi connectivity index (χ1n) is 3.12. The molecule has 1 rings (SSSR count). The van der Waals surface area contributed by atoms with E-state index in [-0.39, 0.29) is 9.54 Å². The van der Waals surface area contributed by atoms with E-state index in [4.69, 9.17) is 14.0 Å². The summed E-state index contributed by atoms with van der Waals surface area (Å²) < 4.78 is 8.65. The molecule has 1 aliphatic carbocycles. The molecule has 0 aromatic heterocycles. The van der Waals surface area contributed by atoms with Crippen LogP contribution in [0.25, 0.3) is 0 Å². The minimum atomic E-state index is -1.52. The van der Waals surface area contributed by atoms with Crippen molar-refractivity contribution in [1.82, 2.24) is 3.44 Å². The van der Waals surface area contributed by atoms with Crippen LogP contribution in [0.5, 0.6) is 0 Å². The summed E-state index contributed by atoms with van der Waals surface area (Å²) in [6.45, 7) is 0. The monoisotopic (exact) mass is 272 g/mol. The van der Waals surface area contributed by atoms with E-state index >= 15 is 0 Å². The van der Waals surface area contributed by atoms with Crippen molar-refractivity contribution < 1.29 is 30.2 Å². The molecule has 0 aromatic carbocycles. The van der Waals surface area contributed by atoms with Gasteiger partial charge >= 0.3 is 75.3 Å². The summed E-state index contributed by atoms with van der Waals surface area (Å²) >= 11 is -1.52. The van der Waals surface area contributed by atoms with Gasteiger partial charge in [0.2, 0.25) is 0 Å². The molecule has 0 unspecified atom stereocenters. The molecule has 11 heavy (non-hydrogen) atoms. The zero-order valence-electron chi connectivity index (χ0n) is 5.74. The Morgan fingerprint density at radius 2 is 2.64 bits per heavy atom. The number of hydrogen-bond donors (Lipinski definition) is 2.